The molecular formula is C17H31NO2. The van der Waals surface area contributed by atoms with Crippen LogP contribution in [0, 0.1) is 23.2 Å². The van der Waals surface area contributed by atoms with Gasteiger partial charge in [0.25, 0.3) is 0 Å². The Morgan fingerprint density at radius 3 is 2.25 bits per heavy atom. The van der Waals surface area contributed by atoms with Gasteiger partial charge < -0.3 is 5.11 Å². The smallest absolute Gasteiger partial charge is 0.308 e. The molecule has 0 bridgehead atoms. The third kappa shape index (κ3) is 3.36. The van der Waals surface area contributed by atoms with Crippen LogP contribution in [0.3, 0.4) is 0 Å². The van der Waals surface area contributed by atoms with Gasteiger partial charge in [0.1, 0.15) is 0 Å². The maximum absolute atomic E-state index is 11.6. The van der Waals surface area contributed by atoms with Gasteiger partial charge in [-0.15, -0.1) is 0 Å². The van der Waals surface area contributed by atoms with Crippen LogP contribution in [0.25, 0.3) is 0 Å². The Balaban J connectivity index is 2.11. The van der Waals surface area contributed by atoms with Crippen molar-refractivity contribution in [1.29, 1.82) is 0 Å². The maximum atomic E-state index is 11.6. The predicted molar refractivity (Wildman–Crippen MR) is 81.7 cm³/mol. The average Bonchev–Trinajstić information content (AvgIpc) is 3.19. The van der Waals surface area contributed by atoms with E-state index in [-0.39, 0.29) is 17.4 Å². The molecule has 0 radical (unpaired) electrons. The Morgan fingerprint density at radius 2 is 1.80 bits per heavy atom. The minimum Gasteiger partial charge on any atom is -0.481 e. The van der Waals surface area contributed by atoms with Crippen molar-refractivity contribution in [2.24, 2.45) is 23.2 Å². The summed E-state index contributed by atoms with van der Waals surface area (Å²) in [5, 5.41) is 9.56. The summed E-state index contributed by atoms with van der Waals surface area (Å²) in [6, 6.07) is 0.738. The summed E-state index contributed by atoms with van der Waals surface area (Å²) in [5.41, 5.74) is 0.283. The lowest BCUT2D eigenvalue weighted by Crippen LogP contribution is -2.50. The lowest BCUT2D eigenvalue weighted by atomic mass is 9.67. The van der Waals surface area contributed by atoms with E-state index in [0.29, 0.717) is 12.0 Å². The fraction of sp³-hybridized carbons (Fsp3) is 0.941. The van der Waals surface area contributed by atoms with Crippen molar-refractivity contribution in [3.05, 3.63) is 0 Å². The summed E-state index contributed by atoms with van der Waals surface area (Å²) >= 11 is 0. The average molecular weight is 281 g/mol. The zero-order valence-electron chi connectivity index (χ0n) is 13.7. The number of aliphatic carboxylic acids is 1. The van der Waals surface area contributed by atoms with Gasteiger partial charge >= 0.3 is 5.97 Å². The molecule has 2 saturated carbocycles. The van der Waals surface area contributed by atoms with Crippen LogP contribution in [0.1, 0.15) is 59.8 Å². The molecule has 0 spiro atoms. The molecule has 0 heterocycles. The van der Waals surface area contributed by atoms with Crippen molar-refractivity contribution in [2.75, 3.05) is 7.05 Å². The van der Waals surface area contributed by atoms with E-state index in [2.05, 4.69) is 39.6 Å². The Kier molecular flexibility index (Phi) is 4.48. The van der Waals surface area contributed by atoms with Crippen molar-refractivity contribution in [2.45, 2.75) is 71.9 Å². The monoisotopic (exact) mass is 281 g/mol. The number of rotatable bonds is 4. The van der Waals surface area contributed by atoms with E-state index in [1.807, 2.05) is 0 Å². The highest BCUT2D eigenvalue weighted by molar-refractivity contribution is 5.71. The third-order valence-electron chi connectivity index (χ3n) is 5.83. The molecule has 0 aliphatic heterocycles. The van der Waals surface area contributed by atoms with E-state index in [0.717, 1.165) is 25.2 Å². The first-order valence-electron chi connectivity index (χ1n) is 8.16. The predicted octanol–water partition coefficient (Wildman–Crippen LogP) is 3.63. The zero-order chi connectivity index (χ0) is 15.1. The molecule has 3 nitrogen and oxygen atoms in total. The van der Waals surface area contributed by atoms with Gasteiger partial charge in [0.05, 0.1) is 5.92 Å². The van der Waals surface area contributed by atoms with Gasteiger partial charge in [-0.1, -0.05) is 20.8 Å². The zero-order valence-corrected chi connectivity index (χ0v) is 13.7. The molecule has 116 valence electrons. The van der Waals surface area contributed by atoms with E-state index in [9.17, 15) is 9.90 Å². The molecular weight excluding hydrogens is 250 g/mol. The second-order valence-electron chi connectivity index (χ2n) is 8.13. The highest BCUT2D eigenvalue weighted by Gasteiger charge is 2.43. The van der Waals surface area contributed by atoms with E-state index < -0.39 is 5.97 Å². The molecule has 2 aliphatic carbocycles. The van der Waals surface area contributed by atoms with Gasteiger partial charge in [-0.2, -0.15) is 0 Å². The second-order valence-corrected chi connectivity index (χ2v) is 8.13. The van der Waals surface area contributed by atoms with Crippen LogP contribution in [-0.4, -0.2) is 35.1 Å². The lowest BCUT2D eigenvalue weighted by Gasteiger charge is -2.45. The van der Waals surface area contributed by atoms with E-state index in [1.54, 1.807) is 0 Å². The molecule has 2 fully saturated rings. The third-order valence-corrected chi connectivity index (χ3v) is 5.83. The minimum atomic E-state index is -0.600. The topological polar surface area (TPSA) is 40.5 Å². The molecule has 1 N–H and O–H groups in total. The summed E-state index contributed by atoms with van der Waals surface area (Å²) in [4.78, 5) is 14.0. The van der Waals surface area contributed by atoms with E-state index in [4.69, 9.17) is 0 Å². The largest absolute Gasteiger partial charge is 0.481 e. The number of hydrogen-bond donors (Lipinski definition) is 1. The summed E-state index contributed by atoms with van der Waals surface area (Å²) in [6.45, 7) is 9.15. The van der Waals surface area contributed by atoms with Crippen LogP contribution >= 0.6 is 0 Å². The highest BCUT2D eigenvalue weighted by Crippen LogP contribution is 2.43. The quantitative estimate of drug-likeness (QED) is 0.855. The summed E-state index contributed by atoms with van der Waals surface area (Å²) in [6.07, 6.45) is 5.57. The van der Waals surface area contributed by atoms with Crippen molar-refractivity contribution in [3.63, 3.8) is 0 Å². The first-order chi connectivity index (χ1) is 9.21. The number of carboxylic acids is 1. The molecule has 4 atom stereocenters. The normalized spacial score (nSPS) is 33.2. The van der Waals surface area contributed by atoms with Crippen LogP contribution in [0.2, 0.25) is 0 Å². The molecule has 2 rings (SSSR count). The SMILES string of the molecule is CC(C1CC1)N(C)C1CC(C(C)(C)C)CCC1C(=O)O. The molecule has 0 saturated heterocycles. The lowest BCUT2D eigenvalue weighted by molar-refractivity contribution is -0.147. The number of nitrogens with zero attached hydrogens (tertiary/aromatic N) is 1. The molecule has 20 heavy (non-hydrogen) atoms. The standard InChI is InChI=1S/C17H31NO2/c1-11(12-6-7-12)18(5)15-10-13(17(2,3)4)8-9-14(15)16(19)20/h11-15H,6-10H2,1-5H3,(H,19,20). The van der Waals surface area contributed by atoms with Gasteiger partial charge in [0, 0.05) is 12.1 Å². The number of hydrogen-bond acceptors (Lipinski definition) is 2. The van der Waals surface area contributed by atoms with Gasteiger partial charge in [0.2, 0.25) is 0 Å². The molecule has 3 heteroatoms. The van der Waals surface area contributed by atoms with Crippen LogP contribution < -0.4 is 0 Å². The van der Waals surface area contributed by atoms with E-state index in [1.165, 1.54) is 12.8 Å². The fourth-order valence-electron chi connectivity index (χ4n) is 3.88. The first kappa shape index (κ1) is 15.8. The van der Waals surface area contributed by atoms with Gasteiger partial charge in [0.15, 0.2) is 0 Å². The van der Waals surface area contributed by atoms with Crippen LogP contribution in [0.5, 0.6) is 0 Å². The number of carboxylic acid groups (broad SMARTS) is 1. The Hall–Kier alpha value is -0.570. The van der Waals surface area contributed by atoms with Gasteiger partial charge in [-0.3, -0.25) is 9.69 Å². The van der Waals surface area contributed by atoms with Crippen LogP contribution in [0.15, 0.2) is 0 Å². The van der Waals surface area contributed by atoms with Crippen LogP contribution in [0.4, 0.5) is 0 Å². The summed E-state index contributed by atoms with van der Waals surface area (Å²) in [7, 11) is 2.15. The molecule has 0 aromatic heterocycles. The molecule has 2 aliphatic rings. The Labute approximate surface area is 123 Å². The Morgan fingerprint density at radius 1 is 1.20 bits per heavy atom. The maximum Gasteiger partial charge on any atom is 0.308 e. The first-order valence-corrected chi connectivity index (χ1v) is 8.16. The number of carbonyl (C=O) groups is 1. The van der Waals surface area contributed by atoms with E-state index >= 15 is 0 Å². The highest BCUT2D eigenvalue weighted by atomic mass is 16.4. The van der Waals surface area contributed by atoms with Crippen LogP contribution in [-0.2, 0) is 4.79 Å². The Bertz CT molecular complexity index is 356. The van der Waals surface area contributed by atoms with Crippen molar-refractivity contribution in [3.8, 4) is 0 Å². The van der Waals surface area contributed by atoms with Gasteiger partial charge in [-0.05, 0) is 63.3 Å². The second kappa shape index (κ2) is 5.67. The molecule has 0 aromatic carbocycles. The van der Waals surface area contributed by atoms with Gasteiger partial charge in [-0.25, -0.2) is 0 Å². The van der Waals surface area contributed by atoms with Crippen molar-refractivity contribution in [1.82, 2.24) is 4.90 Å². The summed E-state index contributed by atoms with van der Waals surface area (Å²) < 4.78 is 0. The molecule has 4 unspecified atom stereocenters. The van der Waals surface area contributed by atoms with Crippen molar-refractivity contribution < 1.29 is 9.90 Å². The summed E-state index contributed by atoms with van der Waals surface area (Å²) in [5.74, 6) is 0.651. The fourth-order valence-corrected chi connectivity index (χ4v) is 3.88. The molecule has 0 amide bonds. The minimum absolute atomic E-state index is 0.181. The molecule has 0 aromatic rings. The van der Waals surface area contributed by atoms with Crippen molar-refractivity contribution >= 4 is 5.97 Å².